The normalized spacial score (nSPS) is 24.9. The van der Waals surface area contributed by atoms with Crippen LogP contribution in [0, 0.1) is 11.3 Å². The SMILES string of the molecule is CC(O)(CN1CC(C(C)(C)C)CC1=O)C(=O)O. The minimum absolute atomic E-state index is 0.0134. The fraction of sp³-hybridized carbons (Fsp3) is 0.833. The van der Waals surface area contributed by atoms with Crippen molar-refractivity contribution in [2.45, 2.75) is 39.7 Å². The molecule has 0 spiro atoms. The lowest BCUT2D eigenvalue weighted by Crippen LogP contribution is -2.47. The molecule has 1 rings (SSSR count). The first-order chi connectivity index (χ1) is 7.54. The Labute approximate surface area is 101 Å². The second-order valence-corrected chi connectivity index (χ2v) is 6.12. The van der Waals surface area contributed by atoms with E-state index in [2.05, 4.69) is 20.8 Å². The minimum atomic E-state index is -1.87. The molecule has 1 amide bonds. The van der Waals surface area contributed by atoms with Crippen molar-refractivity contribution < 1.29 is 19.8 Å². The predicted molar refractivity (Wildman–Crippen MR) is 62.4 cm³/mol. The van der Waals surface area contributed by atoms with Crippen LogP contribution < -0.4 is 0 Å². The van der Waals surface area contributed by atoms with Crippen LogP contribution in [0.5, 0.6) is 0 Å². The number of carbonyl (C=O) groups is 2. The Morgan fingerprint density at radius 2 is 1.94 bits per heavy atom. The Morgan fingerprint density at radius 1 is 1.41 bits per heavy atom. The summed E-state index contributed by atoms with van der Waals surface area (Å²) in [6, 6.07) is 0. The van der Waals surface area contributed by atoms with Crippen LogP contribution in [0.4, 0.5) is 0 Å². The van der Waals surface area contributed by atoms with Crippen molar-refractivity contribution in [1.29, 1.82) is 0 Å². The molecule has 0 aromatic rings. The maximum atomic E-state index is 11.8. The summed E-state index contributed by atoms with van der Waals surface area (Å²) >= 11 is 0. The Bertz CT molecular complexity index is 330. The van der Waals surface area contributed by atoms with E-state index in [0.717, 1.165) is 0 Å². The van der Waals surface area contributed by atoms with E-state index in [-0.39, 0.29) is 23.8 Å². The quantitative estimate of drug-likeness (QED) is 0.765. The van der Waals surface area contributed by atoms with Crippen LogP contribution in [0.3, 0.4) is 0 Å². The first kappa shape index (κ1) is 14.0. The van der Waals surface area contributed by atoms with Crippen molar-refractivity contribution in [3.05, 3.63) is 0 Å². The van der Waals surface area contributed by atoms with E-state index < -0.39 is 11.6 Å². The van der Waals surface area contributed by atoms with Crippen LogP contribution in [-0.2, 0) is 9.59 Å². The summed E-state index contributed by atoms with van der Waals surface area (Å²) in [5, 5.41) is 18.5. The van der Waals surface area contributed by atoms with Crippen molar-refractivity contribution in [1.82, 2.24) is 4.90 Å². The van der Waals surface area contributed by atoms with Gasteiger partial charge in [0.15, 0.2) is 5.60 Å². The lowest BCUT2D eigenvalue weighted by atomic mass is 9.80. The van der Waals surface area contributed by atoms with Crippen molar-refractivity contribution in [2.24, 2.45) is 11.3 Å². The van der Waals surface area contributed by atoms with Crippen LogP contribution in [0.25, 0.3) is 0 Å². The number of hydrogen-bond acceptors (Lipinski definition) is 3. The molecule has 2 N–H and O–H groups in total. The van der Waals surface area contributed by atoms with Gasteiger partial charge in [-0.15, -0.1) is 0 Å². The number of β-amino-alcohol motifs (C(OH)–C–C–N with tert-alkyl or cyclic N) is 1. The van der Waals surface area contributed by atoms with Gasteiger partial charge < -0.3 is 15.1 Å². The van der Waals surface area contributed by atoms with Gasteiger partial charge in [-0.25, -0.2) is 4.79 Å². The Kier molecular flexibility index (Phi) is 3.52. The maximum Gasteiger partial charge on any atom is 0.337 e. The Balaban J connectivity index is 2.70. The molecular formula is C12H21NO4. The van der Waals surface area contributed by atoms with E-state index in [4.69, 9.17) is 5.11 Å². The molecule has 0 bridgehead atoms. The second kappa shape index (κ2) is 4.29. The molecule has 0 aromatic carbocycles. The fourth-order valence-corrected chi connectivity index (χ4v) is 1.94. The molecule has 2 atom stereocenters. The molecule has 17 heavy (non-hydrogen) atoms. The molecule has 0 aliphatic carbocycles. The molecule has 2 unspecified atom stereocenters. The molecule has 0 radical (unpaired) electrons. The van der Waals surface area contributed by atoms with E-state index in [0.29, 0.717) is 13.0 Å². The highest BCUT2D eigenvalue weighted by Crippen LogP contribution is 2.34. The molecule has 1 heterocycles. The van der Waals surface area contributed by atoms with Crippen molar-refractivity contribution in [3.8, 4) is 0 Å². The van der Waals surface area contributed by atoms with Crippen molar-refractivity contribution in [3.63, 3.8) is 0 Å². The fourth-order valence-electron chi connectivity index (χ4n) is 1.94. The molecule has 1 aliphatic heterocycles. The van der Waals surface area contributed by atoms with Gasteiger partial charge in [-0.05, 0) is 18.3 Å². The molecule has 0 saturated carbocycles. The summed E-state index contributed by atoms with van der Waals surface area (Å²) in [7, 11) is 0. The van der Waals surface area contributed by atoms with Gasteiger partial charge in [-0.1, -0.05) is 20.8 Å². The Morgan fingerprint density at radius 3 is 2.29 bits per heavy atom. The van der Waals surface area contributed by atoms with E-state index in [9.17, 15) is 14.7 Å². The van der Waals surface area contributed by atoms with Crippen LogP contribution >= 0.6 is 0 Å². The zero-order chi connectivity index (χ0) is 13.4. The molecule has 1 aliphatic rings. The summed E-state index contributed by atoms with van der Waals surface area (Å²) in [5.74, 6) is -1.17. The van der Waals surface area contributed by atoms with Gasteiger partial charge in [0.25, 0.3) is 0 Å². The van der Waals surface area contributed by atoms with Gasteiger partial charge in [-0.2, -0.15) is 0 Å². The molecule has 98 valence electrons. The van der Waals surface area contributed by atoms with Crippen LogP contribution in [0.2, 0.25) is 0 Å². The van der Waals surface area contributed by atoms with Gasteiger partial charge in [0.2, 0.25) is 5.91 Å². The van der Waals surface area contributed by atoms with Crippen LogP contribution in [-0.4, -0.2) is 45.7 Å². The number of amides is 1. The summed E-state index contributed by atoms with van der Waals surface area (Å²) in [6.45, 7) is 7.77. The van der Waals surface area contributed by atoms with E-state index in [1.807, 2.05) is 0 Å². The topological polar surface area (TPSA) is 77.8 Å². The van der Waals surface area contributed by atoms with Crippen molar-refractivity contribution in [2.75, 3.05) is 13.1 Å². The van der Waals surface area contributed by atoms with Crippen molar-refractivity contribution >= 4 is 11.9 Å². The predicted octanol–water partition coefficient (Wildman–Crippen LogP) is 0.717. The lowest BCUT2D eigenvalue weighted by molar-refractivity contribution is -0.159. The lowest BCUT2D eigenvalue weighted by Gasteiger charge is -2.28. The summed E-state index contributed by atoms with van der Waals surface area (Å²) < 4.78 is 0. The molecule has 0 aromatic heterocycles. The van der Waals surface area contributed by atoms with Crippen LogP contribution in [0.1, 0.15) is 34.1 Å². The first-order valence-electron chi connectivity index (χ1n) is 5.77. The number of nitrogens with zero attached hydrogens (tertiary/aromatic N) is 1. The summed E-state index contributed by atoms with van der Waals surface area (Å²) in [5.41, 5.74) is -1.86. The average molecular weight is 243 g/mol. The molecule has 1 saturated heterocycles. The zero-order valence-corrected chi connectivity index (χ0v) is 10.9. The number of likely N-dealkylation sites (tertiary alicyclic amines) is 1. The number of aliphatic carboxylic acids is 1. The number of carboxylic acids is 1. The van der Waals surface area contributed by atoms with Gasteiger partial charge in [-0.3, -0.25) is 4.79 Å². The molecule has 1 fully saturated rings. The molecular weight excluding hydrogens is 222 g/mol. The summed E-state index contributed by atoms with van der Waals surface area (Å²) in [6.07, 6.45) is 0.430. The number of carboxylic acid groups (broad SMARTS) is 1. The number of rotatable bonds is 3. The summed E-state index contributed by atoms with van der Waals surface area (Å²) in [4.78, 5) is 24.0. The number of carbonyl (C=O) groups excluding carboxylic acids is 1. The largest absolute Gasteiger partial charge is 0.479 e. The highest BCUT2D eigenvalue weighted by molar-refractivity contribution is 5.81. The first-order valence-corrected chi connectivity index (χ1v) is 5.77. The highest BCUT2D eigenvalue weighted by Gasteiger charge is 2.41. The van der Waals surface area contributed by atoms with E-state index in [1.54, 1.807) is 0 Å². The minimum Gasteiger partial charge on any atom is -0.479 e. The third-order valence-electron chi connectivity index (χ3n) is 3.40. The van der Waals surface area contributed by atoms with Gasteiger partial charge in [0, 0.05) is 13.0 Å². The number of aliphatic hydroxyl groups is 1. The average Bonchev–Trinajstić information content (AvgIpc) is 2.46. The van der Waals surface area contributed by atoms with Crippen LogP contribution in [0.15, 0.2) is 0 Å². The van der Waals surface area contributed by atoms with E-state index >= 15 is 0 Å². The third kappa shape index (κ3) is 3.19. The maximum absolute atomic E-state index is 11.8. The van der Waals surface area contributed by atoms with Gasteiger partial charge in [0.1, 0.15) is 0 Å². The third-order valence-corrected chi connectivity index (χ3v) is 3.40. The molecule has 5 nitrogen and oxygen atoms in total. The second-order valence-electron chi connectivity index (χ2n) is 6.12. The monoisotopic (exact) mass is 243 g/mol. The van der Waals surface area contributed by atoms with E-state index in [1.165, 1.54) is 11.8 Å². The van der Waals surface area contributed by atoms with Gasteiger partial charge in [0.05, 0.1) is 6.54 Å². The molecule has 5 heteroatoms. The Hall–Kier alpha value is -1.10. The smallest absolute Gasteiger partial charge is 0.337 e. The van der Waals surface area contributed by atoms with Gasteiger partial charge >= 0.3 is 5.97 Å². The highest BCUT2D eigenvalue weighted by atomic mass is 16.4. The number of hydrogen-bond donors (Lipinski definition) is 2. The zero-order valence-electron chi connectivity index (χ0n) is 10.9. The standard InChI is InChI=1S/C12H21NO4/c1-11(2,3)8-5-9(14)13(6-8)7-12(4,17)10(15)16/h8,17H,5-7H2,1-4H3,(H,15,16).